The Morgan fingerprint density at radius 3 is 2.62 bits per heavy atom. The van der Waals surface area contributed by atoms with Gasteiger partial charge >= 0.3 is 0 Å². The van der Waals surface area contributed by atoms with Crippen LogP contribution >= 0.6 is 11.8 Å². The summed E-state index contributed by atoms with van der Waals surface area (Å²) in [6.07, 6.45) is 0. The van der Waals surface area contributed by atoms with Gasteiger partial charge < -0.3 is 10.5 Å². The van der Waals surface area contributed by atoms with Crippen molar-refractivity contribution in [2.45, 2.75) is 10.6 Å². The fourth-order valence-electron chi connectivity index (χ4n) is 1.81. The summed E-state index contributed by atoms with van der Waals surface area (Å²) in [4.78, 5) is 0.372. The number of nitrogen functional groups attached to an aromatic ring is 1. The molecule has 110 valence electrons. The third-order valence-electron chi connectivity index (χ3n) is 2.84. The average molecular weight is 308 g/mol. The van der Waals surface area contributed by atoms with Gasteiger partial charge in [0.15, 0.2) is 0 Å². The van der Waals surface area contributed by atoms with E-state index >= 15 is 0 Å². The molecule has 0 fully saturated rings. The number of nitrogens with two attached hydrogens (primary N) is 1. The van der Waals surface area contributed by atoms with Crippen LogP contribution < -0.4 is 10.5 Å². The largest absolute Gasteiger partial charge is 0.496 e. The molecule has 3 nitrogen and oxygen atoms in total. The van der Waals surface area contributed by atoms with E-state index in [4.69, 9.17) is 15.9 Å². The second-order valence-corrected chi connectivity index (χ2v) is 5.33. The molecule has 0 aliphatic carbocycles. The zero-order valence-electron chi connectivity index (χ0n) is 11.3. The molecule has 0 saturated heterocycles. The van der Waals surface area contributed by atoms with Crippen LogP contribution in [0.4, 0.5) is 8.78 Å². The number of thioether (sulfide) groups is 1. The van der Waals surface area contributed by atoms with Gasteiger partial charge in [0, 0.05) is 16.7 Å². The van der Waals surface area contributed by atoms with E-state index in [1.165, 1.54) is 31.0 Å². The highest BCUT2D eigenvalue weighted by atomic mass is 32.2. The fourth-order valence-corrected chi connectivity index (χ4v) is 2.67. The molecule has 0 heterocycles. The highest BCUT2D eigenvalue weighted by Gasteiger charge is 2.09. The number of ether oxygens (including phenoxy) is 1. The van der Waals surface area contributed by atoms with E-state index in [0.717, 1.165) is 11.6 Å². The van der Waals surface area contributed by atoms with E-state index in [1.54, 1.807) is 12.1 Å². The van der Waals surface area contributed by atoms with E-state index in [-0.39, 0.29) is 5.84 Å². The van der Waals surface area contributed by atoms with Gasteiger partial charge in [0.2, 0.25) is 0 Å². The lowest BCUT2D eigenvalue weighted by atomic mass is 10.1. The Morgan fingerprint density at radius 2 is 2.00 bits per heavy atom. The van der Waals surface area contributed by atoms with Crippen molar-refractivity contribution in [1.29, 1.82) is 5.41 Å². The highest BCUT2D eigenvalue weighted by molar-refractivity contribution is 7.98. The van der Waals surface area contributed by atoms with E-state index in [0.29, 0.717) is 22.0 Å². The van der Waals surface area contributed by atoms with Crippen LogP contribution in [0.3, 0.4) is 0 Å². The van der Waals surface area contributed by atoms with Crippen LogP contribution in [-0.4, -0.2) is 12.9 Å². The van der Waals surface area contributed by atoms with Crippen molar-refractivity contribution in [2.75, 3.05) is 7.11 Å². The van der Waals surface area contributed by atoms with Gasteiger partial charge in [0.1, 0.15) is 23.2 Å². The molecular formula is C15H14F2N2OS. The zero-order chi connectivity index (χ0) is 15.4. The average Bonchev–Trinajstić information content (AvgIpc) is 2.46. The lowest BCUT2D eigenvalue weighted by molar-refractivity contribution is 0.413. The summed E-state index contributed by atoms with van der Waals surface area (Å²) in [5, 5.41) is 7.52. The second-order valence-electron chi connectivity index (χ2n) is 4.31. The smallest absolute Gasteiger partial charge is 0.139 e. The maximum absolute atomic E-state index is 13.5. The summed E-state index contributed by atoms with van der Waals surface area (Å²) in [7, 11) is 1.50. The van der Waals surface area contributed by atoms with Crippen molar-refractivity contribution in [2.24, 2.45) is 5.73 Å². The number of nitrogens with one attached hydrogen (secondary N) is 1. The number of benzene rings is 2. The lowest BCUT2D eigenvalue weighted by Gasteiger charge is -2.10. The summed E-state index contributed by atoms with van der Waals surface area (Å²) < 4.78 is 31.5. The molecule has 0 spiro atoms. The Morgan fingerprint density at radius 1 is 1.24 bits per heavy atom. The first-order chi connectivity index (χ1) is 10.0. The normalized spacial score (nSPS) is 10.4. The number of hydrogen-bond acceptors (Lipinski definition) is 3. The molecule has 0 atom stereocenters. The molecule has 2 rings (SSSR count). The fraction of sp³-hybridized carbons (Fsp3) is 0.133. The molecule has 0 aliphatic rings. The molecule has 0 unspecified atom stereocenters. The van der Waals surface area contributed by atoms with Gasteiger partial charge in [-0.1, -0.05) is 6.07 Å². The quantitative estimate of drug-likeness (QED) is 0.504. The number of amidine groups is 1. The minimum atomic E-state index is -0.597. The summed E-state index contributed by atoms with van der Waals surface area (Å²) in [5.74, 6) is -0.274. The summed E-state index contributed by atoms with van der Waals surface area (Å²) in [6, 6.07) is 8.76. The van der Waals surface area contributed by atoms with Gasteiger partial charge in [-0.25, -0.2) is 8.78 Å². The maximum atomic E-state index is 13.5. The molecule has 21 heavy (non-hydrogen) atoms. The van der Waals surface area contributed by atoms with Gasteiger partial charge in [-0.3, -0.25) is 5.41 Å². The van der Waals surface area contributed by atoms with Gasteiger partial charge in [-0.05, 0) is 29.8 Å². The van der Waals surface area contributed by atoms with E-state index in [1.807, 2.05) is 6.07 Å². The highest BCUT2D eigenvalue weighted by Crippen LogP contribution is 2.28. The van der Waals surface area contributed by atoms with Crippen LogP contribution in [0.1, 0.15) is 11.1 Å². The number of rotatable bonds is 5. The van der Waals surface area contributed by atoms with E-state index in [9.17, 15) is 8.78 Å². The van der Waals surface area contributed by atoms with Crippen molar-refractivity contribution in [3.63, 3.8) is 0 Å². The molecule has 0 bridgehead atoms. The minimum Gasteiger partial charge on any atom is -0.496 e. The molecule has 3 N–H and O–H groups in total. The third kappa shape index (κ3) is 3.72. The van der Waals surface area contributed by atoms with Crippen molar-refractivity contribution >= 4 is 17.6 Å². The molecule has 6 heteroatoms. The van der Waals surface area contributed by atoms with Crippen LogP contribution in [0.5, 0.6) is 5.75 Å². The molecule has 0 aromatic heterocycles. The number of hydrogen-bond donors (Lipinski definition) is 2. The topological polar surface area (TPSA) is 59.1 Å². The van der Waals surface area contributed by atoms with Gasteiger partial charge in [-0.2, -0.15) is 0 Å². The number of methoxy groups -OCH3 is 1. The van der Waals surface area contributed by atoms with Gasteiger partial charge in [-0.15, -0.1) is 11.8 Å². The van der Waals surface area contributed by atoms with Crippen LogP contribution in [0.25, 0.3) is 0 Å². The molecule has 0 radical (unpaired) electrons. The third-order valence-corrected chi connectivity index (χ3v) is 3.96. The van der Waals surface area contributed by atoms with E-state index in [2.05, 4.69) is 0 Å². The predicted molar refractivity (Wildman–Crippen MR) is 79.9 cm³/mol. The monoisotopic (exact) mass is 308 g/mol. The Kier molecular flexibility index (Phi) is 4.80. The Bertz CT molecular complexity index is 677. The van der Waals surface area contributed by atoms with Crippen LogP contribution in [-0.2, 0) is 5.75 Å². The Balaban J connectivity index is 2.16. The van der Waals surface area contributed by atoms with Crippen LogP contribution in [0.2, 0.25) is 0 Å². The summed E-state index contributed by atoms with van der Waals surface area (Å²) in [6.45, 7) is 0. The predicted octanol–water partition coefficient (Wildman–Crippen LogP) is 3.55. The summed E-state index contributed by atoms with van der Waals surface area (Å²) >= 11 is 1.25. The summed E-state index contributed by atoms with van der Waals surface area (Å²) in [5.41, 5.74) is 6.87. The SMILES string of the molecule is COc1ccc(CSc2ccc(F)cc2F)cc1C(=N)N. The van der Waals surface area contributed by atoms with Crippen LogP contribution in [0, 0.1) is 17.0 Å². The molecule has 0 amide bonds. The molecule has 2 aromatic rings. The molecule has 2 aromatic carbocycles. The van der Waals surface area contributed by atoms with Crippen molar-refractivity contribution < 1.29 is 13.5 Å². The molecule has 0 saturated carbocycles. The lowest BCUT2D eigenvalue weighted by Crippen LogP contribution is -2.12. The second kappa shape index (κ2) is 6.58. The van der Waals surface area contributed by atoms with Crippen molar-refractivity contribution in [3.05, 3.63) is 59.2 Å². The van der Waals surface area contributed by atoms with Crippen molar-refractivity contribution in [3.8, 4) is 5.75 Å². The molecule has 0 aliphatic heterocycles. The molecular weight excluding hydrogens is 294 g/mol. The first-order valence-corrected chi connectivity index (χ1v) is 7.09. The Labute approximate surface area is 125 Å². The van der Waals surface area contributed by atoms with E-state index < -0.39 is 11.6 Å². The standard InChI is InChI=1S/C15H14F2N2OS/c1-20-13-4-2-9(6-11(13)15(18)19)8-21-14-5-3-10(16)7-12(14)17/h2-7H,8H2,1H3,(H3,18,19). The van der Waals surface area contributed by atoms with Gasteiger partial charge in [0.05, 0.1) is 12.7 Å². The van der Waals surface area contributed by atoms with Crippen LogP contribution in [0.15, 0.2) is 41.3 Å². The first kappa shape index (κ1) is 15.3. The number of halogens is 2. The maximum Gasteiger partial charge on any atom is 0.139 e. The van der Waals surface area contributed by atoms with Crippen molar-refractivity contribution in [1.82, 2.24) is 0 Å². The Hall–Kier alpha value is -2.08. The van der Waals surface area contributed by atoms with Gasteiger partial charge in [0.25, 0.3) is 0 Å². The first-order valence-electron chi connectivity index (χ1n) is 6.10. The zero-order valence-corrected chi connectivity index (χ0v) is 12.1. The minimum absolute atomic E-state index is 0.0911.